The van der Waals surface area contributed by atoms with Crippen LogP contribution in [0.4, 0.5) is 0 Å². The van der Waals surface area contributed by atoms with Gasteiger partial charge in [-0.2, -0.15) is 0 Å². The van der Waals surface area contributed by atoms with Crippen molar-refractivity contribution < 1.29 is 13.9 Å². The zero-order valence-corrected chi connectivity index (χ0v) is 18.1. The molecule has 0 saturated heterocycles. The third-order valence-corrected chi connectivity index (χ3v) is 5.10. The summed E-state index contributed by atoms with van der Waals surface area (Å²) < 4.78 is 11.3. The Bertz CT molecular complexity index is 832. The molecule has 1 aromatic carbocycles. The summed E-state index contributed by atoms with van der Waals surface area (Å²) in [7, 11) is 0. The Labute approximate surface area is 176 Å². The van der Waals surface area contributed by atoms with Crippen LogP contribution in [0.3, 0.4) is 0 Å². The average molecular weight is 416 g/mol. The van der Waals surface area contributed by atoms with Crippen molar-refractivity contribution in [3.8, 4) is 5.75 Å². The minimum Gasteiger partial charge on any atom is -0.484 e. The molecule has 1 N–H and O–H groups in total. The van der Waals surface area contributed by atoms with Crippen molar-refractivity contribution in [1.82, 2.24) is 15.5 Å². The maximum atomic E-state index is 12.0. The lowest BCUT2D eigenvalue weighted by Gasteiger charge is -2.15. The first-order valence-electron chi connectivity index (χ1n) is 9.82. The molecule has 2 rings (SSSR count). The Morgan fingerprint density at radius 1 is 1.38 bits per heavy atom. The largest absolute Gasteiger partial charge is 0.484 e. The van der Waals surface area contributed by atoms with Crippen LogP contribution in [0.1, 0.15) is 50.1 Å². The van der Waals surface area contributed by atoms with Crippen molar-refractivity contribution in [2.75, 3.05) is 5.75 Å². The number of aromatic nitrogens is 2. The van der Waals surface area contributed by atoms with Crippen molar-refractivity contribution in [2.45, 2.75) is 57.9 Å². The molecule has 1 unspecified atom stereocenters. The van der Waals surface area contributed by atoms with Crippen LogP contribution in [0.2, 0.25) is 0 Å². The fourth-order valence-electron chi connectivity index (χ4n) is 2.72. The molecular formula is C22H29N3O3S. The van der Waals surface area contributed by atoms with Gasteiger partial charge in [0.1, 0.15) is 5.75 Å². The van der Waals surface area contributed by atoms with Crippen LogP contribution in [-0.2, 0) is 11.4 Å². The number of nitrogens with zero attached hydrogens (tertiary/aromatic N) is 2. The summed E-state index contributed by atoms with van der Waals surface area (Å²) in [5.74, 6) is 1.33. The van der Waals surface area contributed by atoms with Gasteiger partial charge >= 0.3 is 0 Å². The molecule has 1 atom stereocenters. The fourth-order valence-corrected chi connectivity index (χ4v) is 3.31. The van der Waals surface area contributed by atoms with E-state index in [1.165, 1.54) is 11.8 Å². The molecule has 0 saturated carbocycles. The van der Waals surface area contributed by atoms with Gasteiger partial charge < -0.3 is 14.5 Å². The van der Waals surface area contributed by atoms with Gasteiger partial charge in [-0.3, -0.25) is 4.79 Å². The van der Waals surface area contributed by atoms with Gasteiger partial charge in [-0.05, 0) is 43.0 Å². The lowest BCUT2D eigenvalue weighted by atomic mass is 10.1. The Morgan fingerprint density at radius 3 is 2.90 bits per heavy atom. The van der Waals surface area contributed by atoms with Gasteiger partial charge in [0.05, 0.1) is 5.75 Å². The molecule has 156 valence electrons. The predicted molar refractivity (Wildman–Crippen MR) is 117 cm³/mol. The van der Waals surface area contributed by atoms with E-state index in [1.54, 1.807) is 6.08 Å². The molecule has 0 aliphatic rings. The smallest absolute Gasteiger partial charge is 0.277 e. The van der Waals surface area contributed by atoms with E-state index in [9.17, 15) is 4.79 Å². The molecule has 1 aromatic heterocycles. The molecule has 0 aliphatic carbocycles. The Balaban J connectivity index is 1.81. The minimum atomic E-state index is -0.0210. The number of ether oxygens (including phenoxy) is 1. The summed E-state index contributed by atoms with van der Waals surface area (Å²) in [5, 5.41) is 11.3. The van der Waals surface area contributed by atoms with E-state index in [0.29, 0.717) is 11.1 Å². The number of nitrogens with one attached hydrogen (secondary N) is 1. The van der Waals surface area contributed by atoms with Crippen LogP contribution in [0.5, 0.6) is 5.75 Å². The quantitative estimate of drug-likeness (QED) is 0.391. The monoisotopic (exact) mass is 415 g/mol. The third kappa shape index (κ3) is 7.77. The number of carbonyl (C=O) groups is 1. The summed E-state index contributed by atoms with van der Waals surface area (Å²) in [6, 6.07) is 6.06. The zero-order valence-electron chi connectivity index (χ0n) is 17.3. The number of aryl methyl sites for hydroxylation is 1. The van der Waals surface area contributed by atoms with Crippen molar-refractivity contribution in [1.29, 1.82) is 0 Å². The van der Waals surface area contributed by atoms with Crippen LogP contribution < -0.4 is 10.1 Å². The second-order valence-corrected chi connectivity index (χ2v) is 7.54. The lowest BCUT2D eigenvalue weighted by molar-refractivity contribution is -0.119. The van der Waals surface area contributed by atoms with E-state index in [1.807, 2.05) is 37.3 Å². The highest BCUT2D eigenvalue weighted by molar-refractivity contribution is 7.99. The van der Waals surface area contributed by atoms with Crippen molar-refractivity contribution in [3.63, 3.8) is 0 Å². The molecule has 6 nitrogen and oxygen atoms in total. The first kappa shape index (κ1) is 22.7. The third-order valence-electron chi connectivity index (χ3n) is 4.29. The molecule has 0 bridgehead atoms. The number of benzene rings is 1. The Hall–Kier alpha value is -2.54. The minimum absolute atomic E-state index is 0.0210. The first-order valence-corrected chi connectivity index (χ1v) is 10.8. The lowest BCUT2D eigenvalue weighted by Crippen LogP contribution is -2.35. The van der Waals surface area contributed by atoms with Crippen molar-refractivity contribution >= 4 is 23.7 Å². The SMILES string of the molecule is C=C/C=C\c1ccc(OCc2nnc(SCC(=O)NC(CC)CCC)o2)cc1C. The molecule has 29 heavy (non-hydrogen) atoms. The second-order valence-electron chi connectivity index (χ2n) is 6.61. The normalized spacial score (nSPS) is 12.1. The highest BCUT2D eigenvalue weighted by Crippen LogP contribution is 2.21. The van der Waals surface area contributed by atoms with E-state index in [4.69, 9.17) is 9.15 Å². The van der Waals surface area contributed by atoms with Gasteiger partial charge in [0.25, 0.3) is 11.1 Å². The van der Waals surface area contributed by atoms with Crippen molar-refractivity contribution in [3.05, 3.63) is 53.9 Å². The molecule has 1 amide bonds. The average Bonchev–Trinajstić information content (AvgIpc) is 3.17. The number of allylic oxidation sites excluding steroid dienone is 2. The molecule has 1 heterocycles. The highest BCUT2D eigenvalue weighted by atomic mass is 32.2. The summed E-state index contributed by atoms with van der Waals surface area (Å²) in [5.41, 5.74) is 2.21. The van der Waals surface area contributed by atoms with Gasteiger partial charge in [0.2, 0.25) is 5.91 Å². The van der Waals surface area contributed by atoms with E-state index in [2.05, 4.69) is 35.9 Å². The molecule has 0 radical (unpaired) electrons. The van der Waals surface area contributed by atoms with Crippen LogP contribution in [0.15, 0.2) is 46.6 Å². The summed E-state index contributed by atoms with van der Waals surface area (Å²) in [6.07, 6.45) is 8.59. The summed E-state index contributed by atoms with van der Waals surface area (Å²) in [4.78, 5) is 12.0. The topological polar surface area (TPSA) is 77.2 Å². The van der Waals surface area contributed by atoms with E-state index >= 15 is 0 Å². The van der Waals surface area contributed by atoms with Crippen LogP contribution in [0, 0.1) is 6.92 Å². The molecule has 0 spiro atoms. The van der Waals surface area contributed by atoms with Crippen LogP contribution >= 0.6 is 11.8 Å². The number of carbonyl (C=O) groups excluding carboxylic acids is 1. The van der Waals surface area contributed by atoms with Gasteiger partial charge in [0, 0.05) is 6.04 Å². The van der Waals surface area contributed by atoms with Gasteiger partial charge in [-0.25, -0.2) is 0 Å². The molecule has 7 heteroatoms. The van der Waals surface area contributed by atoms with E-state index in [0.717, 1.165) is 36.1 Å². The molecule has 0 fully saturated rings. The fraction of sp³-hybridized carbons (Fsp3) is 0.409. The number of amides is 1. The van der Waals surface area contributed by atoms with Gasteiger partial charge in [0.15, 0.2) is 6.61 Å². The Kier molecular flexibility index (Phi) is 9.50. The first-order chi connectivity index (χ1) is 14.0. The van der Waals surface area contributed by atoms with Gasteiger partial charge in [-0.15, -0.1) is 10.2 Å². The maximum absolute atomic E-state index is 12.0. The molecule has 0 aliphatic heterocycles. The van der Waals surface area contributed by atoms with Crippen LogP contribution in [0.25, 0.3) is 6.08 Å². The van der Waals surface area contributed by atoms with E-state index < -0.39 is 0 Å². The Morgan fingerprint density at radius 2 is 2.21 bits per heavy atom. The summed E-state index contributed by atoms with van der Waals surface area (Å²) >= 11 is 1.23. The summed E-state index contributed by atoms with van der Waals surface area (Å²) in [6.45, 7) is 10.1. The second kappa shape index (κ2) is 12.1. The highest BCUT2D eigenvalue weighted by Gasteiger charge is 2.13. The predicted octanol–water partition coefficient (Wildman–Crippen LogP) is 4.94. The number of rotatable bonds is 12. The number of thioether (sulfide) groups is 1. The van der Waals surface area contributed by atoms with Crippen molar-refractivity contribution in [2.24, 2.45) is 0 Å². The molecule has 2 aromatic rings. The standard InChI is InChI=1S/C22H29N3O3S/c1-5-8-10-17-11-12-19(13-16(17)4)27-14-21-24-25-22(28-21)29-15-20(26)23-18(7-3)9-6-2/h5,8,10-13,18H,1,6-7,9,14-15H2,2-4H3,(H,23,26)/b10-8-. The number of hydrogen-bond acceptors (Lipinski definition) is 6. The number of hydrogen-bond donors (Lipinski definition) is 1. The zero-order chi connectivity index (χ0) is 21.1. The maximum Gasteiger partial charge on any atom is 0.277 e. The molecular weight excluding hydrogens is 386 g/mol. The van der Waals surface area contributed by atoms with Crippen LogP contribution in [-0.4, -0.2) is 27.9 Å². The van der Waals surface area contributed by atoms with E-state index in [-0.39, 0.29) is 24.3 Å². The van der Waals surface area contributed by atoms with Gasteiger partial charge in [-0.1, -0.05) is 62.9 Å².